The van der Waals surface area contributed by atoms with E-state index in [-0.39, 0.29) is 28.9 Å². The summed E-state index contributed by atoms with van der Waals surface area (Å²) < 4.78 is 39.6. The third-order valence-corrected chi connectivity index (χ3v) is 5.43. The monoisotopic (exact) mass is 437 g/mol. The van der Waals surface area contributed by atoms with Crippen molar-refractivity contribution in [3.63, 3.8) is 0 Å². The summed E-state index contributed by atoms with van der Waals surface area (Å²) in [5.74, 6) is -2.55. The minimum absolute atomic E-state index is 0.0991. The van der Waals surface area contributed by atoms with Gasteiger partial charge in [-0.05, 0) is 24.1 Å². The molecule has 1 amide bonds. The molecule has 1 aliphatic rings. The van der Waals surface area contributed by atoms with E-state index < -0.39 is 17.2 Å². The van der Waals surface area contributed by atoms with Crippen LogP contribution in [-0.2, 0) is 6.42 Å². The lowest BCUT2D eigenvalue weighted by molar-refractivity contribution is 0.0946. The number of rotatable bonds is 4. The van der Waals surface area contributed by atoms with E-state index >= 15 is 0 Å². The van der Waals surface area contributed by atoms with Crippen LogP contribution in [0.15, 0.2) is 30.5 Å². The summed E-state index contributed by atoms with van der Waals surface area (Å²) in [6.45, 7) is 0.576. The van der Waals surface area contributed by atoms with Crippen LogP contribution in [0.2, 0.25) is 0 Å². The minimum Gasteiger partial charge on any atom is -0.494 e. The van der Waals surface area contributed by atoms with Gasteiger partial charge in [-0.25, -0.2) is 18.7 Å². The summed E-state index contributed by atoms with van der Waals surface area (Å²) in [6, 6.07) is 6.60. The number of hydrogen-bond donors (Lipinski definition) is 2. The van der Waals surface area contributed by atoms with Gasteiger partial charge in [0.25, 0.3) is 5.91 Å². The normalized spacial score (nSPS) is 13.1. The molecule has 0 aliphatic carbocycles. The maximum absolute atomic E-state index is 14.8. The lowest BCUT2D eigenvalue weighted by atomic mass is 9.96. The number of amides is 1. The molecule has 0 saturated carbocycles. The Balaban J connectivity index is 1.61. The quantitative estimate of drug-likeness (QED) is 0.508. The summed E-state index contributed by atoms with van der Waals surface area (Å²) >= 11 is 0. The SMILES string of the molecule is COc1cc(OC)c(F)c(-c2ncc3c(-c4ccc5c(c4)CCNC5=O)[nH]nc3n2)c1F. The highest BCUT2D eigenvalue weighted by molar-refractivity contribution is 5.98. The van der Waals surface area contributed by atoms with Crippen molar-refractivity contribution in [2.45, 2.75) is 6.42 Å². The predicted molar refractivity (Wildman–Crippen MR) is 112 cm³/mol. The first kappa shape index (κ1) is 19.9. The molecule has 2 N–H and O–H groups in total. The second kappa shape index (κ2) is 7.56. The number of hydrogen-bond acceptors (Lipinski definition) is 6. The van der Waals surface area contributed by atoms with Crippen LogP contribution in [0.25, 0.3) is 33.7 Å². The van der Waals surface area contributed by atoms with Gasteiger partial charge in [-0.3, -0.25) is 9.89 Å². The Morgan fingerprint density at radius 1 is 1.06 bits per heavy atom. The number of carbonyl (C=O) groups is 1. The van der Waals surface area contributed by atoms with E-state index in [1.165, 1.54) is 20.4 Å². The van der Waals surface area contributed by atoms with Crippen molar-refractivity contribution in [3.05, 3.63) is 53.2 Å². The summed E-state index contributed by atoms with van der Waals surface area (Å²) in [5.41, 5.74) is 2.79. The van der Waals surface area contributed by atoms with Gasteiger partial charge in [0.15, 0.2) is 34.6 Å². The lowest BCUT2D eigenvalue weighted by Gasteiger charge is -2.16. The first-order valence-corrected chi connectivity index (χ1v) is 9.74. The topological polar surface area (TPSA) is 102 Å². The molecule has 0 unspecified atom stereocenters. The van der Waals surface area contributed by atoms with Crippen LogP contribution in [0, 0.1) is 11.6 Å². The van der Waals surface area contributed by atoms with E-state index in [4.69, 9.17) is 9.47 Å². The molecule has 3 heterocycles. The number of ether oxygens (including phenoxy) is 2. The molecule has 5 rings (SSSR count). The number of aromatic amines is 1. The fourth-order valence-electron chi connectivity index (χ4n) is 3.81. The average molecular weight is 437 g/mol. The second-order valence-corrected chi connectivity index (χ2v) is 7.19. The molecular weight excluding hydrogens is 420 g/mol. The Hall–Kier alpha value is -4.08. The van der Waals surface area contributed by atoms with Gasteiger partial charge in [-0.1, -0.05) is 6.07 Å². The number of carbonyl (C=O) groups excluding carboxylic acids is 1. The molecular formula is C22H17F2N5O3. The first-order chi connectivity index (χ1) is 15.5. The highest BCUT2D eigenvalue weighted by Crippen LogP contribution is 2.37. The molecule has 0 bridgehead atoms. The third-order valence-electron chi connectivity index (χ3n) is 5.43. The molecule has 32 heavy (non-hydrogen) atoms. The van der Waals surface area contributed by atoms with E-state index in [1.54, 1.807) is 12.1 Å². The molecule has 0 radical (unpaired) electrons. The number of nitrogens with zero attached hydrogens (tertiary/aromatic N) is 3. The molecule has 0 atom stereocenters. The number of aromatic nitrogens is 4. The van der Waals surface area contributed by atoms with Gasteiger partial charge < -0.3 is 14.8 Å². The summed E-state index contributed by atoms with van der Waals surface area (Å²) in [6.07, 6.45) is 2.17. The van der Waals surface area contributed by atoms with Crippen molar-refractivity contribution in [1.82, 2.24) is 25.5 Å². The molecule has 2 aromatic carbocycles. The zero-order valence-corrected chi connectivity index (χ0v) is 17.1. The van der Waals surface area contributed by atoms with E-state index in [9.17, 15) is 13.6 Å². The van der Waals surface area contributed by atoms with Gasteiger partial charge in [0.1, 0.15) is 0 Å². The van der Waals surface area contributed by atoms with E-state index in [1.807, 2.05) is 6.07 Å². The van der Waals surface area contributed by atoms with Gasteiger partial charge in [0.05, 0.1) is 30.9 Å². The third kappa shape index (κ3) is 3.03. The van der Waals surface area contributed by atoms with Crippen LogP contribution >= 0.6 is 0 Å². The zero-order chi connectivity index (χ0) is 22.4. The van der Waals surface area contributed by atoms with Crippen molar-refractivity contribution in [2.75, 3.05) is 20.8 Å². The molecule has 0 saturated heterocycles. The molecule has 8 nitrogen and oxygen atoms in total. The van der Waals surface area contributed by atoms with Crippen LogP contribution < -0.4 is 14.8 Å². The summed E-state index contributed by atoms with van der Waals surface area (Å²) in [5, 5.41) is 10.5. The van der Waals surface area contributed by atoms with Gasteiger partial charge in [-0.15, -0.1) is 0 Å². The van der Waals surface area contributed by atoms with E-state index in [2.05, 4.69) is 25.5 Å². The number of methoxy groups -OCH3 is 2. The van der Waals surface area contributed by atoms with Gasteiger partial charge in [0.2, 0.25) is 0 Å². The Labute approximate surface area is 180 Å². The van der Waals surface area contributed by atoms with Crippen LogP contribution in [-0.4, -0.2) is 46.8 Å². The Morgan fingerprint density at radius 3 is 2.53 bits per heavy atom. The molecule has 1 aliphatic heterocycles. The first-order valence-electron chi connectivity index (χ1n) is 9.74. The van der Waals surface area contributed by atoms with E-state index in [0.717, 1.165) is 23.6 Å². The molecule has 0 spiro atoms. The maximum atomic E-state index is 14.8. The fourth-order valence-corrected chi connectivity index (χ4v) is 3.81. The van der Waals surface area contributed by atoms with Crippen LogP contribution in [0.5, 0.6) is 11.5 Å². The number of benzene rings is 2. The highest BCUT2D eigenvalue weighted by atomic mass is 19.1. The number of fused-ring (bicyclic) bond motifs is 2. The molecule has 4 aromatic rings. The number of H-pyrrole nitrogens is 1. The summed E-state index contributed by atoms with van der Waals surface area (Å²) in [4.78, 5) is 20.4. The largest absolute Gasteiger partial charge is 0.494 e. The second-order valence-electron chi connectivity index (χ2n) is 7.19. The van der Waals surface area contributed by atoms with Crippen molar-refractivity contribution < 1.29 is 23.0 Å². The van der Waals surface area contributed by atoms with Crippen molar-refractivity contribution in [2.24, 2.45) is 0 Å². The molecule has 2 aromatic heterocycles. The average Bonchev–Trinajstić information content (AvgIpc) is 3.23. The van der Waals surface area contributed by atoms with Crippen molar-refractivity contribution in [1.29, 1.82) is 0 Å². The zero-order valence-electron chi connectivity index (χ0n) is 17.1. The van der Waals surface area contributed by atoms with Gasteiger partial charge >= 0.3 is 0 Å². The number of halogens is 2. The lowest BCUT2D eigenvalue weighted by Crippen LogP contribution is -2.31. The fraction of sp³-hybridized carbons (Fsp3) is 0.182. The molecule has 10 heteroatoms. The van der Waals surface area contributed by atoms with Crippen molar-refractivity contribution >= 4 is 16.9 Å². The van der Waals surface area contributed by atoms with Gasteiger partial charge in [-0.2, -0.15) is 5.10 Å². The van der Waals surface area contributed by atoms with E-state index in [0.29, 0.717) is 23.2 Å². The smallest absolute Gasteiger partial charge is 0.251 e. The number of nitrogens with one attached hydrogen (secondary N) is 2. The van der Waals surface area contributed by atoms with Gasteiger partial charge in [0, 0.05) is 29.9 Å². The standard InChI is InChI=1S/C22H17F2N5O3/c1-31-14-8-15(32-2)18(24)16(17(14)23)21-26-9-13-19(28-29-20(13)27-21)11-3-4-12-10(7-11)5-6-25-22(12)30/h3-4,7-9H,5-6H2,1-2H3,(H,25,30)(H,26,27,28,29). The Kier molecular flexibility index (Phi) is 4.69. The predicted octanol–water partition coefficient (Wildman–Crippen LogP) is 3.27. The molecule has 0 fully saturated rings. The Morgan fingerprint density at radius 2 is 1.81 bits per heavy atom. The van der Waals surface area contributed by atoms with Crippen LogP contribution in [0.1, 0.15) is 15.9 Å². The van der Waals surface area contributed by atoms with Crippen molar-refractivity contribution in [3.8, 4) is 34.1 Å². The highest BCUT2D eigenvalue weighted by Gasteiger charge is 2.25. The summed E-state index contributed by atoms with van der Waals surface area (Å²) in [7, 11) is 2.54. The Bertz CT molecular complexity index is 1360. The maximum Gasteiger partial charge on any atom is 0.251 e. The van der Waals surface area contributed by atoms with Crippen LogP contribution in [0.3, 0.4) is 0 Å². The van der Waals surface area contributed by atoms with Crippen LogP contribution in [0.4, 0.5) is 8.78 Å². The molecule has 162 valence electrons. The minimum atomic E-state index is -0.936.